The van der Waals surface area contributed by atoms with Crippen LogP contribution in [-0.2, 0) is 6.54 Å². The van der Waals surface area contributed by atoms with Gasteiger partial charge >= 0.3 is 0 Å². The number of carbonyl (C=O) groups is 1. The third kappa shape index (κ3) is 3.17. The first-order chi connectivity index (χ1) is 13.7. The highest BCUT2D eigenvalue weighted by Crippen LogP contribution is 2.38. The second-order valence-corrected chi connectivity index (χ2v) is 7.61. The number of hydrogen-bond donors (Lipinski definition) is 0. The van der Waals surface area contributed by atoms with Gasteiger partial charge in [-0.2, -0.15) is 5.10 Å². The van der Waals surface area contributed by atoms with Crippen molar-refractivity contribution in [3.8, 4) is 0 Å². The van der Waals surface area contributed by atoms with Crippen molar-refractivity contribution in [2.75, 3.05) is 6.54 Å². The lowest BCUT2D eigenvalue weighted by atomic mass is 10.1. The maximum Gasteiger partial charge on any atom is 0.266 e. The number of fused-ring (bicyclic) bond motifs is 1. The quantitative estimate of drug-likeness (QED) is 0.699. The number of nitrogens with zero attached hydrogens (tertiary/aromatic N) is 5. The molecule has 0 radical (unpaired) electrons. The minimum absolute atomic E-state index is 0.0234. The molecule has 1 aliphatic heterocycles. The molecular formula is C21H21N5O2. The van der Waals surface area contributed by atoms with E-state index in [4.69, 9.17) is 0 Å². The van der Waals surface area contributed by atoms with Crippen LogP contribution >= 0.6 is 0 Å². The average Bonchev–Trinajstić information content (AvgIpc) is 3.47. The van der Waals surface area contributed by atoms with Crippen molar-refractivity contribution in [3.63, 3.8) is 0 Å². The average molecular weight is 375 g/mol. The lowest BCUT2D eigenvalue weighted by Gasteiger charge is -2.25. The maximum atomic E-state index is 13.1. The van der Waals surface area contributed by atoms with Crippen LogP contribution in [0.5, 0.6) is 0 Å². The topological polar surface area (TPSA) is 81.0 Å². The van der Waals surface area contributed by atoms with Gasteiger partial charge in [-0.1, -0.05) is 0 Å². The van der Waals surface area contributed by atoms with Crippen molar-refractivity contribution in [3.05, 3.63) is 64.3 Å². The number of carbonyl (C=O) groups excluding carboxylic acids is 1. The molecule has 28 heavy (non-hydrogen) atoms. The molecule has 1 saturated heterocycles. The van der Waals surface area contributed by atoms with Crippen molar-refractivity contribution >= 4 is 16.9 Å². The molecule has 7 heteroatoms. The number of rotatable bonds is 4. The molecule has 2 aliphatic rings. The number of benzene rings is 1. The third-order valence-corrected chi connectivity index (χ3v) is 5.62. The molecule has 3 heterocycles. The van der Waals surface area contributed by atoms with E-state index in [0.29, 0.717) is 30.1 Å². The first kappa shape index (κ1) is 17.0. The van der Waals surface area contributed by atoms with Gasteiger partial charge in [-0.25, -0.2) is 4.68 Å². The zero-order valence-electron chi connectivity index (χ0n) is 15.5. The molecule has 0 bridgehead atoms. The Morgan fingerprint density at radius 1 is 1.04 bits per heavy atom. The molecule has 1 aromatic carbocycles. The van der Waals surface area contributed by atoms with Gasteiger partial charge in [0.2, 0.25) is 0 Å². The summed E-state index contributed by atoms with van der Waals surface area (Å²) in [5.74, 6) is 0.466. The largest absolute Gasteiger partial charge is 0.334 e. The van der Waals surface area contributed by atoms with Crippen LogP contribution in [0.2, 0.25) is 0 Å². The normalized spacial score (nSPS) is 19.3. The standard InChI is InChI=1S/C21H21N5O2/c27-20-8-7-17(14-3-4-14)24-26(20)13-16-2-1-11-25(16)21(28)15-5-6-18-19(12-15)23-10-9-22-18/h5-10,12,14,16H,1-4,11,13H2. The number of likely N-dealkylation sites (tertiary alicyclic amines) is 1. The minimum atomic E-state index is -0.107. The van der Waals surface area contributed by atoms with Crippen LogP contribution in [0.1, 0.15) is 47.7 Å². The molecule has 1 aliphatic carbocycles. The Morgan fingerprint density at radius 3 is 2.68 bits per heavy atom. The van der Waals surface area contributed by atoms with Crippen LogP contribution in [0.15, 0.2) is 47.5 Å². The fraction of sp³-hybridized carbons (Fsp3) is 0.381. The first-order valence-corrected chi connectivity index (χ1v) is 9.79. The summed E-state index contributed by atoms with van der Waals surface area (Å²) in [7, 11) is 0. The van der Waals surface area contributed by atoms with E-state index < -0.39 is 0 Å². The molecule has 2 fully saturated rings. The molecule has 0 spiro atoms. The maximum absolute atomic E-state index is 13.1. The monoisotopic (exact) mass is 375 g/mol. The number of hydrogen-bond acceptors (Lipinski definition) is 5. The molecule has 1 atom stereocenters. The second kappa shape index (κ2) is 6.82. The molecule has 5 rings (SSSR count). The van der Waals surface area contributed by atoms with Gasteiger partial charge < -0.3 is 4.90 Å². The molecule has 3 aromatic rings. The molecule has 1 saturated carbocycles. The number of amides is 1. The van der Waals surface area contributed by atoms with E-state index >= 15 is 0 Å². The van der Waals surface area contributed by atoms with Gasteiger partial charge in [-0.3, -0.25) is 19.6 Å². The fourth-order valence-corrected chi connectivity index (χ4v) is 3.95. The van der Waals surface area contributed by atoms with Crippen molar-refractivity contribution in [1.29, 1.82) is 0 Å². The Kier molecular flexibility index (Phi) is 4.15. The van der Waals surface area contributed by atoms with Crippen molar-refractivity contribution in [2.45, 2.75) is 44.2 Å². The highest BCUT2D eigenvalue weighted by Gasteiger charge is 2.31. The van der Waals surface area contributed by atoms with Crippen LogP contribution in [0, 0.1) is 0 Å². The van der Waals surface area contributed by atoms with Crippen molar-refractivity contribution < 1.29 is 4.79 Å². The van der Waals surface area contributed by atoms with E-state index in [-0.39, 0.29) is 17.5 Å². The van der Waals surface area contributed by atoms with E-state index in [0.717, 1.165) is 36.9 Å². The lowest BCUT2D eigenvalue weighted by Crippen LogP contribution is -2.40. The van der Waals surface area contributed by atoms with Crippen molar-refractivity contribution in [2.24, 2.45) is 0 Å². The predicted molar refractivity (Wildman–Crippen MR) is 104 cm³/mol. The van der Waals surface area contributed by atoms with Gasteiger partial charge in [-0.05, 0) is 49.9 Å². The van der Waals surface area contributed by atoms with E-state index in [2.05, 4.69) is 15.1 Å². The Balaban J connectivity index is 1.39. The third-order valence-electron chi connectivity index (χ3n) is 5.62. The Bertz CT molecular complexity index is 1110. The minimum Gasteiger partial charge on any atom is -0.334 e. The summed E-state index contributed by atoms with van der Waals surface area (Å²) in [5.41, 5.74) is 2.96. The van der Waals surface area contributed by atoms with Crippen LogP contribution in [-0.4, -0.2) is 43.1 Å². The van der Waals surface area contributed by atoms with E-state index in [9.17, 15) is 9.59 Å². The molecule has 7 nitrogen and oxygen atoms in total. The highest BCUT2D eigenvalue weighted by molar-refractivity contribution is 5.97. The summed E-state index contributed by atoms with van der Waals surface area (Å²) in [4.78, 5) is 35.8. The van der Waals surface area contributed by atoms with Gasteiger partial charge in [0.25, 0.3) is 11.5 Å². The molecule has 1 amide bonds. The summed E-state index contributed by atoms with van der Waals surface area (Å²) in [6.45, 7) is 1.14. The van der Waals surface area contributed by atoms with Gasteiger partial charge in [0.05, 0.1) is 29.3 Å². The van der Waals surface area contributed by atoms with Gasteiger partial charge in [0.1, 0.15) is 0 Å². The highest BCUT2D eigenvalue weighted by atomic mass is 16.2. The predicted octanol–water partition coefficient (Wildman–Crippen LogP) is 2.37. The zero-order chi connectivity index (χ0) is 19.1. The smallest absolute Gasteiger partial charge is 0.266 e. The van der Waals surface area contributed by atoms with Crippen molar-refractivity contribution in [1.82, 2.24) is 24.6 Å². The van der Waals surface area contributed by atoms with Gasteiger partial charge in [0.15, 0.2) is 0 Å². The Hall–Kier alpha value is -3.09. The Labute approximate surface area is 162 Å². The second-order valence-electron chi connectivity index (χ2n) is 7.61. The molecule has 142 valence electrons. The first-order valence-electron chi connectivity index (χ1n) is 9.79. The van der Waals surface area contributed by atoms with Crippen LogP contribution in [0.25, 0.3) is 11.0 Å². The van der Waals surface area contributed by atoms with E-state index in [1.54, 1.807) is 30.6 Å². The molecular weight excluding hydrogens is 354 g/mol. The van der Waals surface area contributed by atoms with Gasteiger partial charge in [0, 0.05) is 36.5 Å². The van der Waals surface area contributed by atoms with Crippen LogP contribution in [0.4, 0.5) is 0 Å². The van der Waals surface area contributed by atoms with Crippen LogP contribution in [0.3, 0.4) is 0 Å². The summed E-state index contributed by atoms with van der Waals surface area (Å²) < 4.78 is 1.54. The zero-order valence-corrected chi connectivity index (χ0v) is 15.5. The van der Waals surface area contributed by atoms with E-state index in [1.807, 2.05) is 17.0 Å². The molecule has 0 N–H and O–H groups in total. The summed E-state index contributed by atoms with van der Waals surface area (Å²) >= 11 is 0. The molecule has 2 aromatic heterocycles. The van der Waals surface area contributed by atoms with Crippen LogP contribution < -0.4 is 5.56 Å². The summed E-state index contributed by atoms with van der Waals surface area (Å²) in [5, 5.41) is 4.55. The van der Waals surface area contributed by atoms with Gasteiger partial charge in [-0.15, -0.1) is 0 Å². The van der Waals surface area contributed by atoms with E-state index in [1.165, 1.54) is 4.68 Å². The fourth-order valence-electron chi connectivity index (χ4n) is 3.95. The number of aromatic nitrogens is 4. The Morgan fingerprint density at radius 2 is 1.86 bits per heavy atom. The SMILES string of the molecule is O=C(c1ccc2nccnc2c1)N1CCCC1Cn1nc(C2CC2)ccc1=O. The summed E-state index contributed by atoms with van der Waals surface area (Å²) in [6.07, 6.45) is 7.36. The molecule has 1 unspecified atom stereocenters. The summed E-state index contributed by atoms with van der Waals surface area (Å²) in [6, 6.07) is 8.83. The lowest BCUT2D eigenvalue weighted by molar-refractivity contribution is 0.0720.